The summed E-state index contributed by atoms with van der Waals surface area (Å²) in [5, 5.41) is 0. The van der Waals surface area contributed by atoms with E-state index in [-0.39, 0.29) is 27.9 Å². The molecule has 9 heteroatoms. The molecule has 4 rings (SSSR count). The fourth-order valence-electron chi connectivity index (χ4n) is 4.47. The first-order valence-corrected chi connectivity index (χ1v) is 11.2. The lowest BCUT2D eigenvalue weighted by Gasteiger charge is -2.46. The SMILES string of the molecule is Cn1c(N2CCC3(CC2)CO[C@H]2CC(C)(C)[S+]([O-])N[C@H]23)ncc(I)c1=O. The lowest BCUT2D eigenvalue weighted by Crippen LogP contribution is -2.62. The third-order valence-corrected chi connectivity index (χ3v) is 8.57. The molecule has 0 radical (unpaired) electrons. The molecule has 26 heavy (non-hydrogen) atoms. The van der Waals surface area contributed by atoms with Crippen molar-refractivity contribution in [2.75, 3.05) is 24.6 Å². The number of hydrogen-bond acceptors (Lipinski definition) is 6. The molecule has 0 aromatic carbocycles. The van der Waals surface area contributed by atoms with Crippen LogP contribution in [0.15, 0.2) is 11.0 Å². The summed E-state index contributed by atoms with van der Waals surface area (Å²) in [5.41, 5.74) is 0.0155. The van der Waals surface area contributed by atoms with Crippen molar-refractivity contribution in [1.29, 1.82) is 0 Å². The van der Waals surface area contributed by atoms with Crippen molar-refractivity contribution in [3.63, 3.8) is 0 Å². The molecular weight excluding hydrogens is 467 g/mol. The van der Waals surface area contributed by atoms with Crippen LogP contribution in [0.25, 0.3) is 0 Å². The van der Waals surface area contributed by atoms with Gasteiger partial charge in [0.05, 0.1) is 22.3 Å². The van der Waals surface area contributed by atoms with Crippen molar-refractivity contribution >= 4 is 39.9 Å². The Morgan fingerprint density at radius 3 is 2.81 bits per heavy atom. The van der Waals surface area contributed by atoms with E-state index >= 15 is 0 Å². The van der Waals surface area contributed by atoms with Crippen molar-refractivity contribution in [2.45, 2.75) is 50.0 Å². The Morgan fingerprint density at radius 1 is 1.42 bits per heavy atom. The van der Waals surface area contributed by atoms with Crippen molar-refractivity contribution in [3.05, 3.63) is 20.1 Å². The minimum Gasteiger partial charge on any atom is -0.598 e. The number of aromatic nitrogens is 2. The van der Waals surface area contributed by atoms with Crippen LogP contribution in [0.5, 0.6) is 0 Å². The quantitative estimate of drug-likeness (QED) is 0.469. The van der Waals surface area contributed by atoms with Crippen LogP contribution < -0.4 is 15.2 Å². The zero-order chi connectivity index (χ0) is 18.7. The zero-order valence-corrected chi connectivity index (χ0v) is 18.3. The largest absolute Gasteiger partial charge is 0.598 e. The van der Waals surface area contributed by atoms with Gasteiger partial charge in [-0.25, -0.2) is 4.98 Å². The summed E-state index contributed by atoms with van der Waals surface area (Å²) in [6.07, 6.45) is 4.50. The molecule has 1 aromatic heterocycles. The molecule has 1 N–H and O–H groups in total. The maximum absolute atomic E-state index is 12.6. The average Bonchev–Trinajstić information content (AvgIpc) is 2.91. The molecule has 3 aliphatic rings. The van der Waals surface area contributed by atoms with Crippen LogP contribution in [0.4, 0.5) is 5.95 Å². The molecule has 3 saturated heterocycles. The van der Waals surface area contributed by atoms with E-state index in [1.165, 1.54) is 0 Å². The van der Waals surface area contributed by atoms with Crippen LogP contribution in [0.2, 0.25) is 0 Å². The number of nitrogens with zero attached hydrogens (tertiary/aromatic N) is 3. The third kappa shape index (κ3) is 2.99. The zero-order valence-electron chi connectivity index (χ0n) is 15.3. The van der Waals surface area contributed by atoms with Gasteiger partial charge in [0.2, 0.25) is 5.95 Å². The second kappa shape index (κ2) is 6.61. The maximum Gasteiger partial charge on any atom is 0.268 e. The van der Waals surface area contributed by atoms with E-state index in [4.69, 9.17) is 4.74 Å². The van der Waals surface area contributed by atoms with Crippen LogP contribution >= 0.6 is 22.6 Å². The van der Waals surface area contributed by atoms with E-state index in [0.717, 1.165) is 44.9 Å². The van der Waals surface area contributed by atoms with Crippen molar-refractivity contribution in [3.8, 4) is 0 Å². The van der Waals surface area contributed by atoms with Crippen molar-refractivity contribution < 1.29 is 9.29 Å². The highest BCUT2D eigenvalue weighted by Crippen LogP contribution is 2.47. The Morgan fingerprint density at radius 2 is 2.12 bits per heavy atom. The minimum atomic E-state index is -1.05. The first-order chi connectivity index (χ1) is 12.2. The van der Waals surface area contributed by atoms with Gasteiger partial charge in [-0.1, -0.05) is 0 Å². The summed E-state index contributed by atoms with van der Waals surface area (Å²) in [6.45, 7) is 6.43. The first kappa shape index (κ1) is 19.0. The van der Waals surface area contributed by atoms with Crippen LogP contribution in [0.1, 0.15) is 33.1 Å². The maximum atomic E-state index is 12.6. The molecule has 144 valence electrons. The predicted octanol–water partition coefficient (Wildman–Crippen LogP) is 1.17. The Bertz CT molecular complexity index is 763. The Hall–Kier alpha value is -0.360. The Labute approximate surface area is 170 Å². The summed E-state index contributed by atoms with van der Waals surface area (Å²) < 4.78 is 24.1. The van der Waals surface area contributed by atoms with E-state index in [2.05, 4.69) is 14.6 Å². The van der Waals surface area contributed by atoms with Crippen LogP contribution in [-0.4, -0.2) is 50.7 Å². The van der Waals surface area contributed by atoms with Gasteiger partial charge in [0, 0.05) is 49.5 Å². The third-order valence-electron chi connectivity index (χ3n) is 6.19. The smallest absolute Gasteiger partial charge is 0.268 e. The Balaban J connectivity index is 1.51. The highest BCUT2D eigenvalue weighted by molar-refractivity contribution is 14.1. The second-order valence-corrected chi connectivity index (χ2v) is 11.3. The van der Waals surface area contributed by atoms with Gasteiger partial charge in [-0.3, -0.25) is 9.36 Å². The highest BCUT2D eigenvalue weighted by Gasteiger charge is 2.58. The van der Waals surface area contributed by atoms with Gasteiger partial charge in [0.1, 0.15) is 4.75 Å². The summed E-state index contributed by atoms with van der Waals surface area (Å²) in [6, 6.07) is 0.145. The number of rotatable bonds is 1. The number of piperidine rings is 1. The number of nitrogens with one attached hydrogen (secondary N) is 1. The lowest BCUT2D eigenvalue weighted by atomic mass is 9.72. The minimum absolute atomic E-state index is 0.00766. The van der Waals surface area contributed by atoms with Crippen molar-refractivity contribution in [1.82, 2.24) is 14.3 Å². The second-order valence-electron chi connectivity index (χ2n) is 8.30. The van der Waals surface area contributed by atoms with Gasteiger partial charge in [-0.05, 0) is 49.3 Å². The molecule has 7 nitrogen and oxygen atoms in total. The van der Waals surface area contributed by atoms with Gasteiger partial charge in [-0.15, -0.1) is 4.72 Å². The van der Waals surface area contributed by atoms with Gasteiger partial charge in [0.25, 0.3) is 5.56 Å². The molecule has 1 unspecified atom stereocenters. The standard InChI is InChI=1S/C17H25IN4O3S/c1-16(2)8-12-13(20-26(16)24)17(10-25-12)4-6-22(7-5-17)15-19-9-11(18)14(23)21(15)3/h9,12-13,20H,4-8,10H2,1-3H3/t12-,13+,26?/m0/s1. The van der Waals surface area contributed by atoms with Crippen LogP contribution in [0.3, 0.4) is 0 Å². The first-order valence-electron chi connectivity index (χ1n) is 9.00. The summed E-state index contributed by atoms with van der Waals surface area (Å²) in [5.74, 6) is 0.724. The summed E-state index contributed by atoms with van der Waals surface area (Å²) in [4.78, 5) is 18.8. The molecule has 3 fully saturated rings. The molecule has 1 aromatic rings. The molecule has 0 aliphatic carbocycles. The highest BCUT2D eigenvalue weighted by atomic mass is 127. The normalized spacial score (nSPS) is 32.7. The monoisotopic (exact) mass is 492 g/mol. The van der Waals surface area contributed by atoms with E-state index in [0.29, 0.717) is 3.57 Å². The molecule has 0 saturated carbocycles. The number of hydrogen-bond donors (Lipinski definition) is 1. The topological polar surface area (TPSA) is 82.4 Å². The average molecular weight is 492 g/mol. The van der Waals surface area contributed by atoms with Crippen LogP contribution in [-0.2, 0) is 23.1 Å². The molecule has 0 amide bonds. The molecule has 1 spiro atoms. The molecule has 0 bridgehead atoms. The fraction of sp³-hybridized carbons (Fsp3) is 0.765. The van der Waals surface area contributed by atoms with E-state index in [9.17, 15) is 9.35 Å². The van der Waals surface area contributed by atoms with E-state index < -0.39 is 11.4 Å². The predicted molar refractivity (Wildman–Crippen MR) is 110 cm³/mol. The van der Waals surface area contributed by atoms with E-state index in [1.54, 1.807) is 17.8 Å². The molecular formula is C17H25IN4O3S. The van der Waals surface area contributed by atoms with Gasteiger partial charge in [-0.2, -0.15) is 0 Å². The van der Waals surface area contributed by atoms with Gasteiger partial charge in [0.15, 0.2) is 0 Å². The number of halogens is 1. The molecule has 3 aliphatic heterocycles. The summed E-state index contributed by atoms with van der Waals surface area (Å²) >= 11 is 0.975. The molecule has 3 atom stereocenters. The summed E-state index contributed by atoms with van der Waals surface area (Å²) in [7, 11) is 1.78. The van der Waals surface area contributed by atoms with Crippen LogP contribution in [0, 0.1) is 8.99 Å². The Kier molecular flexibility index (Phi) is 4.83. The van der Waals surface area contributed by atoms with E-state index in [1.807, 2.05) is 36.4 Å². The number of anilines is 1. The fourth-order valence-corrected chi connectivity index (χ4v) is 6.24. The number of fused-ring (bicyclic) bond motifs is 2. The van der Waals surface area contributed by atoms with Gasteiger partial charge >= 0.3 is 0 Å². The number of ether oxygens (including phenoxy) is 1. The van der Waals surface area contributed by atoms with Gasteiger partial charge < -0.3 is 14.2 Å². The lowest BCUT2D eigenvalue weighted by molar-refractivity contribution is 0.0747. The van der Waals surface area contributed by atoms with Crippen molar-refractivity contribution in [2.24, 2.45) is 12.5 Å². The molecule has 4 heterocycles.